The third-order valence-electron chi connectivity index (χ3n) is 5.57. The van der Waals surface area contributed by atoms with E-state index in [1.807, 2.05) is 24.3 Å². The molecule has 0 saturated carbocycles. The van der Waals surface area contributed by atoms with Crippen molar-refractivity contribution in [1.29, 1.82) is 0 Å². The SMILES string of the molecule is CC(=O)N1CCc2ccccc2C1CC(=O)NCC(C(=O)O)C1CCOC1. The van der Waals surface area contributed by atoms with E-state index < -0.39 is 11.9 Å². The van der Waals surface area contributed by atoms with E-state index in [9.17, 15) is 19.5 Å². The Balaban J connectivity index is 1.66. The Bertz CT molecular complexity index is 714. The molecule has 7 nitrogen and oxygen atoms in total. The molecule has 3 rings (SSSR count). The van der Waals surface area contributed by atoms with E-state index in [0.717, 1.165) is 17.5 Å². The minimum absolute atomic E-state index is 0.0613. The molecule has 0 spiro atoms. The van der Waals surface area contributed by atoms with E-state index in [1.54, 1.807) is 4.90 Å². The number of carboxylic acid groups (broad SMARTS) is 1. The van der Waals surface area contributed by atoms with E-state index in [2.05, 4.69) is 5.32 Å². The maximum atomic E-state index is 12.6. The van der Waals surface area contributed by atoms with Gasteiger partial charge in [-0.25, -0.2) is 0 Å². The van der Waals surface area contributed by atoms with Crippen molar-refractivity contribution in [3.8, 4) is 0 Å². The normalized spacial score (nSPS) is 22.8. The van der Waals surface area contributed by atoms with Gasteiger partial charge in [0.2, 0.25) is 11.8 Å². The van der Waals surface area contributed by atoms with Crippen LogP contribution in [0.3, 0.4) is 0 Å². The number of ether oxygens (including phenoxy) is 1. The van der Waals surface area contributed by atoms with Crippen molar-refractivity contribution in [1.82, 2.24) is 10.2 Å². The van der Waals surface area contributed by atoms with Crippen LogP contribution in [0.25, 0.3) is 0 Å². The first-order valence-electron chi connectivity index (χ1n) is 9.39. The fraction of sp³-hybridized carbons (Fsp3) is 0.550. The predicted molar refractivity (Wildman–Crippen MR) is 98.0 cm³/mol. The fourth-order valence-corrected chi connectivity index (χ4v) is 4.05. The number of carbonyl (C=O) groups excluding carboxylic acids is 2. The molecule has 27 heavy (non-hydrogen) atoms. The molecule has 0 aliphatic carbocycles. The maximum Gasteiger partial charge on any atom is 0.308 e. The Morgan fingerprint density at radius 3 is 2.78 bits per heavy atom. The summed E-state index contributed by atoms with van der Waals surface area (Å²) >= 11 is 0. The monoisotopic (exact) mass is 374 g/mol. The molecule has 3 atom stereocenters. The molecule has 2 heterocycles. The zero-order valence-corrected chi connectivity index (χ0v) is 15.5. The molecule has 2 aliphatic rings. The van der Waals surface area contributed by atoms with Crippen LogP contribution >= 0.6 is 0 Å². The molecule has 1 fully saturated rings. The highest BCUT2D eigenvalue weighted by atomic mass is 16.5. The van der Waals surface area contributed by atoms with Crippen LogP contribution in [0.4, 0.5) is 0 Å². The number of amides is 2. The zero-order valence-electron chi connectivity index (χ0n) is 15.5. The molecule has 1 aromatic carbocycles. The molecular weight excluding hydrogens is 348 g/mol. The van der Waals surface area contributed by atoms with E-state index in [-0.39, 0.29) is 36.7 Å². The van der Waals surface area contributed by atoms with Gasteiger partial charge in [0, 0.05) is 26.6 Å². The van der Waals surface area contributed by atoms with Gasteiger partial charge >= 0.3 is 5.97 Å². The number of nitrogens with one attached hydrogen (secondary N) is 1. The first-order chi connectivity index (χ1) is 13.0. The second-order valence-electron chi connectivity index (χ2n) is 7.25. The second kappa shape index (κ2) is 8.52. The molecule has 2 N–H and O–H groups in total. The highest BCUT2D eigenvalue weighted by Gasteiger charge is 2.33. The van der Waals surface area contributed by atoms with Crippen LogP contribution in [-0.4, -0.2) is 54.1 Å². The lowest BCUT2D eigenvalue weighted by Gasteiger charge is -2.36. The quantitative estimate of drug-likeness (QED) is 0.784. The number of carbonyl (C=O) groups is 3. The van der Waals surface area contributed by atoms with Crippen LogP contribution < -0.4 is 5.32 Å². The minimum atomic E-state index is -0.917. The topological polar surface area (TPSA) is 95.9 Å². The smallest absolute Gasteiger partial charge is 0.308 e. The van der Waals surface area contributed by atoms with Gasteiger partial charge < -0.3 is 20.1 Å². The van der Waals surface area contributed by atoms with Gasteiger partial charge in [-0.3, -0.25) is 14.4 Å². The number of hydrogen-bond acceptors (Lipinski definition) is 4. The molecule has 7 heteroatoms. The summed E-state index contributed by atoms with van der Waals surface area (Å²) in [6.45, 7) is 3.16. The average molecular weight is 374 g/mol. The predicted octanol–water partition coefficient (Wildman–Crippen LogP) is 1.38. The van der Waals surface area contributed by atoms with Crippen molar-refractivity contribution in [2.75, 3.05) is 26.3 Å². The highest BCUT2D eigenvalue weighted by Crippen LogP contribution is 2.32. The average Bonchev–Trinajstić information content (AvgIpc) is 3.16. The molecule has 1 aromatic rings. The van der Waals surface area contributed by atoms with Gasteiger partial charge in [-0.1, -0.05) is 24.3 Å². The Morgan fingerprint density at radius 1 is 1.33 bits per heavy atom. The third-order valence-corrected chi connectivity index (χ3v) is 5.57. The summed E-state index contributed by atoms with van der Waals surface area (Å²) in [5.41, 5.74) is 2.15. The molecule has 0 aromatic heterocycles. The molecule has 1 saturated heterocycles. The molecular formula is C20H26N2O5. The number of carboxylic acids is 1. The van der Waals surface area contributed by atoms with E-state index in [0.29, 0.717) is 26.2 Å². The first-order valence-corrected chi connectivity index (χ1v) is 9.39. The lowest BCUT2D eigenvalue weighted by molar-refractivity contribution is -0.143. The lowest BCUT2D eigenvalue weighted by atomic mass is 9.90. The van der Waals surface area contributed by atoms with Crippen LogP contribution in [0.1, 0.15) is 36.9 Å². The molecule has 2 aliphatic heterocycles. The Labute approximate surface area is 158 Å². The van der Waals surface area contributed by atoms with Gasteiger partial charge in [0.05, 0.1) is 25.0 Å². The van der Waals surface area contributed by atoms with Crippen molar-refractivity contribution < 1.29 is 24.2 Å². The van der Waals surface area contributed by atoms with Gasteiger partial charge in [-0.15, -0.1) is 0 Å². The largest absolute Gasteiger partial charge is 0.481 e. The summed E-state index contributed by atoms with van der Waals surface area (Å²) in [6.07, 6.45) is 1.60. The highest BCUT2D eigenvalue weighted by molar-refractivity contribution is 5.80. The summed E-state index contributed by atoms with van der Waals surface area (Å²) in [5, 5.41) is 12.2. The molecule has 0 radical (unpaired) electrons. The standard InChI is InChI=1S/C20H26N2O5/c1-13(23)22-8-6-14-4-2-3-5-16(14)18(22)10-19(24)21-11-17(20(25)26)15-7-9-27-12-15/h2-5,15,17-18H,6-12H2,1H3,(H,21,24)(H,25,26). The van der Waals surface area contributed by atoms with Gasteiger partial charge in [-0.2, -0.15) is 0 Å². The third kappa shape index (κ3) is 4.47. The Kier molecular flexibility index (Phi) is 6.11. The molecule has 146 valence electrons. The lowest BCUT2D eigenvalue weighted by Crippen LogP contribution is -2.42. The summed E-state index contributed by atoms with van der Waals surface area (Å²) in [7, 11) is 0. The second-order valence-corrected chi connectivity index (χ2v) is 7.25. The van der Waals surface area contributed by atoms with Crippen LogP contribution in [0, 0.1) is 11.8 Å². The van der Waals surface area contributed by atoms with Crippen LogP contribution in [-0.2, 0) is 25.5 Å². The minimum Gasteiger partial charge on any atom is -0.481 e. The van der Waals surface area contributed by atoms with Crippen molar-refractivity contribution >= 4 is 17.8 Å². The van der Waals surface area contributed by atoms with E-state index in [1.165, 1.54) is 6.92 Å². The summed E-state index contributed by atoms with van der Waals surface area (Å²) < 4.78 is 5.28. The summed E-state index contributed by atoms with van der Waals surface area (Å²) in [6, 6.07) is 7.54. The molecule has 2 amide bonds. The Morgan fingerprint density at radius 2 is 2.11 bits per heavy atom. The van der Waals surface area contributed by atoms with Crippen LogP contribution in [0.15, 0.2) is 24.3 Å². The van der Waals surface area contributed by atoms with Gasteiger partial charge in [0.25, 0.3) is 0 Å². The van der Waals surface area contributed by atoms with Crippen molar-refractivity contribution in [3.63, 3.8) is 0 Å². The number of fused-ring (bicyclic) bond motifs is 1. The maximum absolute atomic E-state index is 12.6. The van der Waals surface area contributed by atoms with E-state index >= 15 is 0 Å². The molecule has 0 bridgehead atoms. The van der Waals surface area contributed by atoms with Crippen LogP contribution in [0.2, 0.25) is 0 Å². The zero-order chi connectivity index (χ0) is 19.4. The summed E-state index contributed by atoms with van der Waals surface area (Å²) in [5.74, 6) is -1.95. The first kappa shape index (κ1) is 19.4. The van der Waals surface area contributed by atoms with Gasteiger partial charge in [0.1, 0.15) is 0 Å². The fourth-order valence-electron chi connectivity index (χ4n) is 4.05. The number of rotatable bonds is 6. The number of nitrogens with zero attached hydrogens (tertiary/aromatic N) is 1. The number of aliphatic carboxylic acids is 1. The van der Waals surface area contributed by atoms with Crippen LogP contribution in [0.5, 0.6) is 0 Å². The van der Waals surface area contributed by atoms with Gasteiger partial charge in [-0.05, 0) is 29.9 Å². The van der Waals surface area contributed by atoms with Crippen molar-refractivity contribution in [2.24, 2.45) is 11.8 Å². The number of hydrogen-bond donors (Lipinski definition) is 2. The molecule has 3 unspecified atom stereocenters. The van der Waals surface area contributed by atoms with Gasteiger partial charge in [0.15, 0.2) is 0 Å². The summed E-state index contributed by atoms with van der Waals surface area (Å²) in [4.78, 5) is 37.8. The Hall–Kier alpha value is -2.41. The van der Waals surface area contributed by atoms with Crippen molar-refractivity contribution in [2.45, 2.75) is 32.2 Å². The number of benzene rings is 1. The van der Waals surface area contributed by atoms with Crippen molar-refractivity contribution in [3.05, 3.63) is 35.4 Å². The van der Waals surface area contributed by atoms with E-state index in [4.69, 9.17) is 4.74 Å².